The first-order valence-corrected chi connectivity index (χ1v) is 8.46. The molecule has 1 heterocycles. The number of ether oxygens (including phenoxy) is 1. The van der Waals surface area contributed by atoms with Gasteiger partial charge in [0.2, 0.25) is 10.0 Å². The molecule has 0 saturated carbocycles. The van der Waals surface area contributed by atoms with E-state index >= 15 is 0 Å². The summed E-state index contributed by atoms with van der Waals surface area (Å²) in [4.78, 5) is 0.267. The average Bonchev–Trinajstić information content (AvgIpc) is 2.44. The highest BCUT2D eigenvalue weighted by Gasteiger charge is 2.24. The molecule has 1 aromatic carbocycles. The van der Waals surface area contributed by atoms with Gasteiger partial charge in [-0.05, 0) is 30.5 Å². The van der Waals surface area contributed by atoms with Crippen LogP contribution in [0.1, 0.15) is 27.2 Å². The Morgan fingerprint density at radius 1 is 1.45 bits per heavy atom. The van der Waals surface area contributed by atoms with E-state index in [2.05, 4.69) is 23.9 Å². The van der Waals surface area contributed by atoms with Crippen LogP contribution in [0.5, 0.6) is 5.75 Å². The van der Waals surface area contributed by atoms with Crippen LogP contribution in [0.25, 0.3) is 0 Å². The molecule has 1 aliphatic rings. The van der Waals surface area contributed by atoms with Gasteiger partial charge in [-0.1, -0.05) is 20.8 Å². The Kier molecular flexibility index (Phi) is 4.55. The lowest BCUT2D eigenvalue weighted by atomic mass is 10.1. The molecule has 1 aliphatic heterocycles. The van der Waals surface area contributed by atoms with Crippen molar-refractivity contribution in [2.75, 3.05) is 18.4 Å². The van der Waals surface area contributed by atoms with Gasteiger partial charge < -0.3 is 10.1 Å². The molecular formula is C14H22N2O3S. The highest BCUT2D eigenvalue weighted by molar-refractivity contribution is 7.89. The van der Waals surface area contributed by atoms with Gasteiger partial charge in [0.05, 0.1) is 17.1 Å². The molecule has 0 aliphatic carbocycles. The summed E-state index contributed by atoms with van der Waals surface area (Å²) in [5.41, 5.74) is 0.737. The minimum atomic E-state index is -3.43. The molecule has 0 saturated heterocycles. The summed E-state index contributed by atoms with van der Waals surface area (Å²) in [5.74, 6) is 1.12. The van der Waals surface area contributed by atoms with Crippen LogP contribution in [0.15, 0.2) is 23.1 Å². The third-order valence-corrected chi connectivity index (χ3v) is 4.78. The maximum Gasteiger partial charge on any atom is 0.240 e. The van der Waals surface area contributed by atoms with Crippen LogP contribution in [-0.4, -0.2) is 27.6 Å². The lowest BCUT2D eigenvalue weighted by Crippen LogP contribution is -2.35. The first kappa shape index (κ1) is 15.1. The Morgan fingerprint density at radius 2 is 2.20 bits per heavy atom. The number of hydrogen-bond acceptors (Lipinski definition) is 4. The Hall–Kier alpha value is -1.27. The molecule has 1 aromatic rings. The fourth-order valence-electron chi connectivity index (χ4n) is 2.02. The van der Waals surface area contributed by atoms with Crippen LogP contribution < -0.4 is 14.8 Å². The molecule has 20 heavy (non-hydrogen) atoms. The minimum Gasteiger partial charge on any atom is -0.486 e. The fourth-order valence-corrected chi connectivity index (χ4v) is 3.18. The smallest absolute Gasteiger partial charge is 0.240 e. The van der Waals surface area contributed by atoms with Gasteiger partial charge in [0.1, 0.15) is 11.9 Å². The molecule has 0 bridgehead atoms. The van der Waals surface area contributed by atoms with Gasteiger partial charge in [-0.15, -0.1) is 0 Å². The standard InChI is InChI=1S/C14H22N2O3S/c1-4-7-16-20(17,18)11-5-6-13-12(8-11)15-9-14(19-13)10(2)3/h5-6,8,10,14-16H,4,7,9H2,1-3H3. The number of nitrogens with one attached hydrogen (secondary N) is 2. The van der Waals surface area contributed by atoms with Crippen molar-refractivity contribution in [3.8, 4) is 5.75 Å². The number of anilines is 1. The van der Waals surface area contributed by atoms with E-state index < -0.39 is 10.0 Å². The molecular weight excluding hydrogens is 276 g/mol. The predicted octanol–water partition coefficient (Wildman–Crippen LogP) is 2.20. The van der Waals surface area contributed by atoms with E-state index in [1.54, 1.807) is 18.2 Å². The van der Waals surface area contributed by atoms with Gasteiger partial charge in [0, 0.05) is 6.54 Å². The maximum absolute atomic E-state index is 12.1. The van der Waals surface area contributed by atoms with Gasteiger partial charge in [0.25, 0.3) is 0 Å². The number of benzene rings is 1. The van der Waals surface area contributed by atoms with Gasteiger partial charge >= 0.3 is 0 Å². The lowest BCUT2D eigenvalue weighted by Gasteiger charge is -2.30. The van der Waals surface area contributed by atoms with Gasteiger partial charge in [-0.25, -0.2) is 13.1 Å². The highest BCUT2D eigenvalue weighted by Crippen LogP contribution is 2.32. The topological polar surface area (TPSA) is 67.4 Å². The SMILES string of the molecule is CCCNS(=O)(=O)c1ccc2c(c1)NCC(C(C)C)O2. The Balaban J connectivity index is 2.22. The molecule has 6 heteroatoms. The third kappa shape index (κ3) is 3.24. The molecule has 1 unspecified atom stereocenters. The van der Waals surface area contributed by atoms with E-state index in [1.165, 1.54) is 0 Å². The summed E-state index contributed by atoms with van der Waals surface area (Å²) in [6.45, 7) is 7.27. The van der Waals surface area contributed by atoms with Crippen LogP contribution in [0.4, 0.5) is 5.69 Å². The van der Waals surface area contributed by atoms with Crippen LogP contribution in [0.3, 0.4) is 0 Å². The summed E-state index contributed by atoms with van der Waals surface area (Å²) in [7, 11) is -3.43. The molecule has 2 N–H and O–H groups in total. The van der Waals surface area contributed by atoms with E-state index in [1.807, 2.05) is 6.92 Å². The van der Waals surface area contributed by atoms with Crippen LogP contribution in [-0.2, 0) is 10.0 Å². The second-order valence-corrected chi connectivity index (χ2v) is 7.10. The third-order valence-electron chi connectivity index (χ3n) is 3.32. The number of hydrogen-bond donors (Lipinski definition) is 2. The Morgan fingerprint density at radius 3 is 2.85 bits per heavy atom. The second kappa shape index (κ2) is 6.01. The molecule has 1 atom stereocenters. The zero-order chi connectivity index (χ0) is 14.8. The zero-order valence-corrected chi connectivity index (χ0v) is 13.0. The highest BCUT2D eigenvalue weighted by atomic mass is 32.2. The van der Waals surface area contributed by atoms with E-state index in [9.17, 15) is 8.42 Å². The number of sulfonamides is 1. The van der Waals surface area contributed by atoms with Crippen LogP contribution >= 0.6 is 0 Å². The molecule has 2 rings (SSSR count). The van der Waals surface area contributed by atoms with Crippen molar-refractivity contribution >= 4 is 15.7 Å². The summed E-state index contributed by atoms with van der Waals surface area (Å²) in [6, 6.07) is 4.93. The van der Waals surface area contributed by atoms with E-state index in [-0.39, 0.29) is 11.0 Å². The summed E-state index contributed by atoms with van der Waals surface area (Å²) in [6.07, 6.45) is 0.880. The minimum absolute atomic E-state index is 0.114. The van der Waals surface area contributed by atoms with Crippen molar-refractivity contribution in [1.82, 2.24) is 4.72 Å². The predicted molar refractivity (Wildman–Crippen MR) is 79.7 cm³/mol. The van der Waals surface area contributed by atoms with Crippen molar-refractivity contribution in [2.45, 2.75) is 38.2 Å². The van der Waals surface area contributed by atoms with Crippen molar-refractivity contribution in [1.29, 1.82) is 0 Å². The summed E-state index contributed by atoms with van der Waals surface area (Å²) in [5, 5.41) is 3.25. The lowest BCUT2D eigenvalue weighted by molar-refractivity contribution is 0.156. The molecule has 112 valence electrons. The first-order valence-electron chi connectivity index (χ1n) is 6.98. The van der Waals surface area contributed by atoms with Crippen molar-refractivity contribution in [3.63, 3.8) is 0 Å². The Bertz CT molecular complexity index is 570. The second-order valence-electron chi connectivity index (χ2n) is 5.34. The quantitative estimate of drug-likeness (QED) is 0.874. The fraction of sp³-hybridized carbons (Fsp3) is 0.571. The van der Waals surface area contributed by atoms with Gasteiger partial charge in [-0.2, -0.15) is 0 Å². The van der Waals surface area contributed by atoms with Crippen molar-refractivity contribution < 1.29 is 13.2 Å². The largest absolute Gasteiger partial charge is 0.486 e. The number of rotatable bonds is 5. The van der Waals surface area contributed by atoms with Crippen LogP contribution in [0, 0.1) is 5.92 Å². The van der Waals surface area contributed by atoms with E-state index in [0.29, 0.717) is 24.8 Å². The summed E-state index contributed by atoms with van der Waals surface area (Å²) >= 11 is 0. The molecule has 0 aromatic heterocycles. The van der Waals surface area contributed by atoms with Gasteiger partial charge in [-0.3, -0.25) is 0 Å². The first-order chi connectivity index (χ1) is 9.44. The Labute approximate surface area is 120 Å². The van der Waals surface area contributed by atoms with Crippen molar-refractivity contribution in [3.05, 3.63) is 18.2 Å². The molecule has 5 nitrogen and oxygen atoms in total. The zero-order valence-electron chi connectivity index (χ0n) is 12.1. The summed E-state index contributed by atoms with van der Waals surface area (Å²) < 4.78 is 32.6. The normalized spacial score (nSPS) is 18.3. The van der Waals surface area contributed by atoms with Gasteiger partial charge in [0.15, 0.2) is 0 Å². The van der Waals surface area contributed by atoms with Crippen LogP contribution in [0.2, 0.25) is 0 Å². The monoisotopic (exact) mass is 298 g/mol. The number of fused-ring (bicyclic) bond motifs is 1. The molecule has 0 spiro atoms. The molecule has 0 radical (unpaired) electrons. The van der Waals surface area contributed by atoms with Crippen molar-refractivity contribution in [2.24, 2.45) is 5.92 Å². The van der Waals surface area contributed by atoms with E-state index in [0.717, 1.165) is 12.1 Å². The molecule has 0 fully saturated rings. The van der Waals surface area contributed by atoms with E-state index in [4.69, 9.17) is 4.74 Å². The molecule has 0 amide bonds. The maximum atomic E-state index is 12.1. The average molecular weight is 298 g/mol.